The van der Waals surface area contributed by atoms with E-state index in [4.69, 9.17) is 4.74 Å². The van der Waals surface area contributed by atoms with Gasteiger partial charge in [-0.25, -0.2) is 4.79 Å². The summed E-state index contributed by atoms with van der Waals surface area (Å²) in [4.78, 5) is 41.6. The summed E-state index contributed by atoms with van der Waals surface area (Å²) < 4.78 is 5.12. The minimum absolute atomic E-state index is 0.0590. The Morgan fingerprint density at radius 1 is 1.16 bits per heavy atom. The molecule has 2 aromatic rings. The number of nitrogens with zero attached hydrogens (tertiary/aromatic N) is 2. The quantitative estimate of drug-likeness (QED) is 0.767. The highest BCUT2D eigenvalue weighted by atomic mass is 16.5. The Kier molecular flexibility index (Phi) is 6.45. The first-order valence-corrected chi connectivity index (χ1v) is 8.12. The van der Waals surface area contributed by atoms with E-state index in [0.717, 1.165) is 5.39 Å². The first-order valence-electron chi connectivity index (χ1n) is 8.12. The van der Waals surface area contributed by atoms with Crippen LogP contribution < -0.4 is 5.32 Å². The van der Waals surface area contributed by atoms with Crippen molar-refractivity contribution in [2.24, 2.45) is 0 Å². The van der Waals surface area contributed by atoms with Crippen molar-refractivity contribution in [3.8, 4) is 0 Å². The second-order valence-electron chi connectivity index (χ2n) is 5.32. The number of aromatic nitrogens is 1. The molecule has 25 heavy (non-hydrogen) atoms. The molecule has 0 spiro atoms. The molecule has 2 rings (SSSR count). The van der Waals surface area contributed by atoms with E-state index in [1.807, 2.05) is 12.1 Å². The maximum absolute atomic E-state index is 12.3. The van der Waals surface area contributed by atoms with E-state index >= 15 is 0 Å². The fourth-order valence-electron chi connectivity index (χ4n) is 2.37. The van der Waals surface area contributed by atoms with Crippen LogP contribution in [-0.2, 0) is 14.3 Å². The molecule has 7 heteroatoms. The van der Waals surface area contributed by atoms with Crippen molar-refractivity contribution in [2.75, 3.05) is 26.2 Å². The van der Waals surface area contributed by atoms with Crippen LogP contribution in [0.25, 0.3) is 10.9 Å². The number of likely N-dealkylation sites (N-methyl/N-ethyl adjacent to an activating group) is 2. The van der Waals surface area contributed by atoms with Crippen LogP contribution in [0.5, 0.6) is 0 Å². The highest BCUT2D eigenvalue weighted by Gasteiger charge is 2.19. The molecule has 1 heterocycles. The van der Waals surface area contributed by atoms with Gasteiger partial charge in [0.2, 0.25) is 5.91 Å². The summed E-state index contributed by atoms with van der Waals surface area (Å²) in [6.07, 6.45) is 1.59. The van der Waals surface area contributed by atoms with E-state index in [1.165, 1.54) is 4.90 Å². The molecular weight excluding hydrogens is 322 g/mol. The molecule has 7 nitrogen and oxygen atoms in total. The summed E-state index contributed by atoms with van der Waals surface area (Å²) in [6.45, 7) is 3.92. The molecule has 0 fully saturated rings. The highest BCUT2D eigenvalue weighted by molar-refractivity contribution is 6.03. The third kappa shape index (κ3) is 4.76. The van der Waals surface area contributed by atoms with Gasteiger partial charge in [0.05, 0.1) is 17.6 Å². The molecule has 0 bridgehead atoms. The molecule has 0 aliphatic heterocycles. The number of hydrogen-bond donors (Lipinski definition) is 1. The molecular formula is C18H21N3O4. The number of esters is 1. The predicted molar refractivity (Wildman–Crippen MR) is 93.0 cm³/mol. The lowest BCUT2D eigenvalue weighted by Gasteiger charge is -2.20. The number of para-hydroxylation sites is 1. The van der Waals surface area contributed by atoms with Gasteiger partial charge in [0.15, 0.2) is 6.61 Å². The average molecular weight is 343 g/mol. The van der Waals surface area contributed by atoms with E-state index in [9.17, 15) is 14.4 Å². The average Bonchev–Trinajstić information content (AvgIpc) is 2.63. The lowest BCUT2D eigenvalue weighted by molar-refractivity contribution is -0.138. The molecule has 0 saturated heterocycles. The van der Waals surface area contributed by atoms with Gasteiger partial charge < -0.3 is 15.0 Å². The van der Waals surface area contributed by atoms with Crippen LogP contribution in [0.3, 0.4) is 0 Å². The summed E-state index contributed by atoms with van der Waals surface area (Å²) in [5, 5.41) is 3.44. The maximum Gasteiger partial charge on any atom is 0.340 e. The zero-order valence-electron chi connectivity index (χ0n) is 14.3. The fourth-order valence-corrected chi connectivity index (χ4v) is 2.37. The van der Waals surface area contributed by atoms with Gasteiger partial charge in [-0.05, 0) is 26.0 Å². The van der Waals surface area contributed by atoms with Gasteiger partial charge in [0.25, 0.3) is 5.91 Å². The number of pyridine rings is 1. The number of nitrogens with one attached hydrogen (secondary N) is 1. The van der Waals surface area contributed by atoms with Crippen molar-refractivity contribution in [2.45, 2.75) is 13.8 Å². The van der Waals surface area contributed by atoms with E-state index in [2.05, 4.69) is 10.3 Å². The van der Waals surface area contributed by atoms with Gasteiger partial charge in [0, 0.05) is 24.7 Å². The number of carbonyl (C=O) groups is 3. The minimum atomic E-state index is -0.619. The summed E-state index contributed by atoms with van der Waals surface area (Å²) >= 11 is 0. The Balaban J connectivity index is 2.00. The van der Waals surface area contributed by atoms with E-state index < -0.39 is 18.5 Å². The number of ether oxygens (including phenoxy) is 1. The molecule has 0 aliphatic carbocycles. The molecule has 0 atom stereocenters. The maximum atomic E-state index is 12.3. The second kappa shape index (κ2) is 8.77. The summed E-state index contributed by atoms with van der Waals surface area (Å²) in [5.41, 5.74) is 0.829. The standard InChI is InChI=1S/C18H21N3O4/c1-3-19-15(22)11-21(4-2)16(23)12-25-18(24)14-9-5-7-13-8-6-10-20-17(13)14/h5-10H,3-4,11-12H2,1-2H3,(H,19,22). The Bertz CT molecular complexity index is 771. The van der Waals surface area contributed by atoms with Crippen LogP contribution in [0.4, 0.5) is 0 Å². The van der Waals surface area contributed by atoms with Crippen LogP contribution in [0.15, 0.2) is 36.5 Å². The predicted octanol–water partition coefficient (Wildman–Crippen LogP) is 1.38. The molecule has 132 valence electrons. The normalized spacial score (nSPS) is 10.3. The van der Waals surface area contributed by atoms with Gasteiger partial charge in [-0.3, -0.25) is 14.6 Å². The molecule has 0 saturated carbocycles. The highest BCUT2D eigenvalue weighted by Crippen LogP contribution is 2.16. The van der Waals surface area contributed by atoms with Gasteiger partial charge >= 0.3 is 5.97 Å². The molecule has 1 aromatic carbocycles. The van der Waals surface area contributed by atoms with Gasteiger partial charge in [-0.1, -0.05) is 18.2 Å². The third-order valence-corrected chi connectivity index (χ3v) is 3.62. The minimum Gasteiger partial charge on any atom is -0.452 e. The van der Waals surface area contributed by atoms with Crippen molar-refractivity contribution in [1.29, 1.82) is 0 Å². The molecule has 1 N–H and O–H groups in total. The molecule has 0 radical (unpaired) electrons. The van der Waals surface area contributed by atoms with E-state index in [1.54, 1.807) is 38.2 Å². The first kappa shape index (κ1) is 18.4. The number of benzene rings is 1. The monoisotopic (exact) mass is 343 g/mol. The number of carbonyl (C=O) groups excluding carboxylic acids is 3. The Morgan fingerprint density at radius 3 is 2.64 bits per heavy atom. The lowest BCUT2D eigenvalue weighted by atomic mass is 10.1. The third-order valence-electron chi connectivity index (χ3n) is 3.62. The van der Waals surface area contributed by atoms with Crippen LogP contribution >= 0.6 is 0 Å². The van der Waals surface area contributed by atoms with Gasteiger partial charge in [-0.15, -0.1) is 0 Å². The van der Waals surface area contributed by atoms with E-state index in [-0.39, 0.29) is 12.5 Å². The Morgan fingerprint density at radius 2 is 1.92 bits per heavy atom. The topological polar surface area (TPSA) is 88.6 Å². The SMILES string of the molecule is CCNC(=O)CN(CC)C(=O)COC(=O)c1cccc2cccnc12. The van der Waals surface area contributed by atoms with Crippen LogP contribution in [0.2, 0.25) is 0 Å². The number of amides is 2. The van der Waals surface area contributed by atoms with Crippen molar-refractivity contribution in [3.05, 3.63) is 42.1 Å². The lowest BCUT2D eigenvalue weighted by Crippen LogP contribution is -2.42. The van der Waals surface area contributed by atoms with Gasteiger partial charge in [0.1, 0.15) is 0 Å². The smallest absolute Gasteiger partial charge is 0.340 e. The van der Waals surface area contributed by atoms with Crippen molar-refractivity contribution < 1.29 is 19.1 Å². The number of rotatable bonds is 7. The number of fused-ring (bicyclic) bond motifs is 1. The van der Waals surface area contributed by atoms with E-state index in [0.29, 0.717) is 24.2 Å². The van der Waals surface area contributed by atoms with Crippen molar-refractivity contribution in [3.63, 3.8) is 0 Å². The molecule has 1 aromatic heterocycles. The molecule has 0 aliphatic rings. The fraction of sp³-hybridized carbons (Fsp3) is 0.333. The Hall–Kier alpha value is -2.96. The van der Waals surface area contributed by atoms with Crippen molar-refractivity contribution in [1.82, 2.24) is 15.2 Å². The molecule has 2 amide bonds. The summed E-state index contributed by atoms with van der Waals surface area (Å²) in [6, 6.07) is 8.80. The van der Waals surface area contributed by atoms with Crippen LogP contribution in [-0.4, -0.2) is 53.9 Å². The van der Waals surface area contributed by atoms with Gasteiger partial charge in [-0.2, -0.15) is 0 Å². The Labute approximate surface area is 146 Å². The van der Waals surface area contributed by atoms with Crippen molar-refractivity contribution >= 4 is 28.7 Å². The zero-order valence-corrected chi connectivity index (χ0v) is 14.3. The molecule has 0 unspecified atom stereocenters. The largest absolute Gasteiger partial charge is 0.452 e. The zero-order chi connectivity index (χ0) is 18.2. The summed E-state index contributed by atoms with van der Waals surface area (Å²) in [5.74, 6) is -1.29. The summed E-state index contributed by atoms with van der Waals surface area (Å²) in [7, 11) is 0. The second-order valence-corrected chi connectivity index (χ2v) is 5.32. The number of hydrogen-bond acceptors (Lipinski definition) is 5. The first-order chi connectivity index (χ1) is 12.1. The van der Waals surface area contributed by atoms with Crippen LogP contribution in [0, 0.1) is 0 Å². The van der Waals surface area contributed by atoms with Crippen LogP contribution in [0.1, 0.15) is 24.2 Å².